The summed E-state index contributed by atoms with van der Waals surface area (Å²) in [5, 5.41) is 15.9. The first kappa shape index (κ1) is 24.9. The van der Waals surface area contributed by atoms with E-state index in [-0.39, 0.29) is 11.3 Å². The van der Waals surface area contributed by atoms with Crippen molar-refractivity contribution in [1.82, 2.24) is 19.6 Å². The predicted molar refractivity (Wildman–Crippen MR) is 138 cm³/mol. The summed E-state index contributed by atoms with van der Waals surface area (Å²) in [5.74, 6) is -1.03. The van der Waals surface area contributed by atoms with Gasteiger partial charge >= 0.3 is 0 Å². The smallest absolute Gasteiger partial charge is 0.295 e. The molecule has 1 atom stereocenters. The number of benzene rings is 2. The van der Waals surface area contributed by atoms with Gasteiger partial charge in [0.05, 0.1) is 34.8 Å². The Labute approximate surface area is 210 Å². The van der Waals surface area contributed by atoms with Crippen molar-refractivity contribution < 1.29 is 19.4 Å². The molecule has 36 heavy (non-hydrogen) atoms. The molecule has 1 saturated heterocycles. The molecule has 2 aromatic carbocycles. The maximum absolute atomic E-state index is 13.3. The number of ketones is 1. The Morgan fingerprint density at radius 3 is 2.61 bits per heavy atom. The number of nitrogens with zero attached hydrogens (tertiary/aromatic N) is 4. The molecule has 0 saturated carbocycles. The van der Waals surface area contributed by atoms with E-state index in [0.29, 0.717) is 42.3 Å². The van der Waals surface area contributed by atoms with Crippen LogP contribution in [0, 0.1) is 6.92 Å². The van der Waals surface area contributed by atoms with Crippen molar-refractivity contribution in [3.63, 3.8) is 0 Å². The molecule has 1 aliphatic rings. The van der Waals surface area contributed by atoms with Crippen molar-refractivity contribution in [2.75, 3.05) is 33.8 Å². The summed E-state index contributed by atoms with van der Waals surface area (Å²) in [7, 11) is 3.80. The van der Waals surface area contributed by atoms with Crippen LogP contribution in [0.1, 0.15) is 22.9 Å². The third-order valence-corrected chi connectivity index (χ3v) is 6.14. The van der Waals surface area contributed by atoms with Gasteiger partial charge in [0.2, 0.25) is 0 Å². The van der Waals surface area contributed by atoms with E-state index < -0.39 is 17.7 Å². The maximum atomic E-state index is 13.3. The number of hydrogen-bond donors (Lipinski definition) is 1. The van der Waals surface area contributed by atoms with Crippen LogP contribution in [0.4, 0.5) is 0 Å². The third-order valence-electron chi connectivity index (χ3n) is 6.14. The highest BCUT2D eigenvalue weighted by Gasteiger charge is 2.46. The van der Waals surface area contributed by atoms with Crippen molar-refractivity contribution in [1.29, 1.82) is 0 Å². The first-order chi connectivity index (χ1) is 17.3. The van der Waals surface area contributed by atoms with Crippen molar-refractivity contribution >= 4 is 17.4 Å². The van der Waals surface area contributed by atoms with Crippen molar-refractivity contribution in [3.05, 3.63) is 95.8 Å². The Kier molecular flexibility index (Phi) is 7.36. The zero-order chi connectivity index (χ0) is 25.8. The second kappa shape index (κ2) is 10.6. The standard InChI is InChI=1S/C28H30N4O4/c1-5-16-36-22-13-9-10-20(17-22)25-24(27(34)28(35)31(25)15-14-30(3)4)26(33)23-18-29-32(19(23)2)21-11-7-6-8-12-21/h5-13,17-18,25,33H,1,14-16H2,2-4H3. The van der Waals surface area contributed by atoms with Crippen LogP contribution in [0.2, 0.25) is 0 Å². The van der Waals surface area contributed by atoms with Gasteiger partial charge in [0, 0.05) is 13.1 Å². The molecule has 1 amide bonds. The first-order valence-corrected chi connectivity index (χ1v) is 11.7. The second-order valence-corrected chi connectivity index (χ2v) is 8.86. The summed E-state index contributed by atoms with van der Waals surface area (Å²) in [5.41, 5.74) is 2.58. The van der Waals surface area contributed by atoms with Crippen LogP contribution in [0.5, 0.6) is 5.75 Å². The summed E-state index contributed by atoms with van der Waals surface area (Å²) in [6.45, 7) is 6.69. The van der Waals surface area contributed by atoms with Gasteiger partial charge in [0.1, 0.15) is 18.1 Å². The number of likely N-dealkylation sites (N-methyl/N-ethyl adjacent to an activating group) is 1. The van der Waals surface area contributed by atoms with Crippen LogP contribution in [-0.2, 0) is 9.59 Å². The minimum Gasteiger partial charge on any atom is -0.507 e. The topological polar surface area (TPSA) is 87.9 Å². The Morgan fingerprint density at radius 1 is 1.17 bits per heavy atom. The molecular weight excluding hydrogens is 456 g/mol. The maximum Gasteiger partial charge on any atom is 0.295 e. The summed E-state index contributed by atoms with van der Waals surface area (Å²) in [6, 6.07) is 16.0. The predicted octanol–water partition coefficient (Wildman–Crippen LogP) is 3.73. The number of ether oxygens (including phenoxy) is 1. The average Bonchev–Trinajstić information content (AvgIpc) is 3.38. The number of amides is 1. The van der Waals surface area contributed by atoms with E-state index in [9.17, 15) is 14.7 Å². The number of rotatable bonds is 9. The zero-order valence-corrected chi connectivity index (χ0v) is 20.7. The Hall–Kier alpha value is -4.17. The highest BCUT2D eigenvalue weighted by atomic mass is 16.5. The molecule has 2 heterocycles. The van der Waals surface area contributed by atoms with E-state index in [0.717, 1.165) is 5.69 Å². The van der Waals surface area contributed by atoms with Gasteiger partial charge in [-0.25, -0.2) is 4.68 Å². The minimum atomic E-state index is -0.767. The van der Waals surface area contributed by atoms with Crippen molar-refractivity contribution in [2.24, 2.45) is 0 Å². The van der Waals surface area contributed by atoms with Gasteiger partial charge in [-0.1, -0.05) is 43.0 Å². The van der Waals surface area contributed by atoms with Gasteiger partial charge in [-0.2, -0.15) is 5.10 Å². The van der Waals surface area contributed by atoms with Crippen LogP contribution < -0.4 is 4.74 Å². The van der Waals surface area contributed by atoms with Gasteiger partial charge in [-0.05, 0) is 50.8 Å². The SMILES string of the molecule is C=CCOc1cccc(C2C(=C(O)c3cnn(-c4ccccc4)c3C)C(=O)C(=O)N2CCN(C)C)c1. The fraction of sp³-hybridized carbons (Fsp3) is 0.250. The monoisotopic (exact) mass is 486 g/mol. The Morgan fingerprint density at radius 2 is 1.92 bits per heavy atom. The van der Waals surface area contributed by atoms with E-state index >= 15 is 0 Å². The number of likely N-dealkylation sites (tertiary alicyclic amines) is 1. The minimum absolute atomic E-state index is 0.0374. The molecule has 0 radical (unpaired) electrons. The number of aromatic nitrogens is 2. The zero-order valence-electron chi connectivity index (χ0n) is 20.7. The third kappa shape index (κ3) is 4.81. The van der Waals surface area contributed by atoms with Crippen LogP contribution in [-0.4, -0.2) is 70.2 Å². The van der Waals surface area contributed by atoms with E-state index in [2.05, 4.69) is 11.7 Å². The first-order valence-electron chi connectivity index (χ1n) is 11.7. The number of aliphatic hydroxyl groups is 1. The molecule has 8 heteroatoms. The van der Waals surface area contributed by atoms with Crippen molar-refractivity contribution in [3.8, 4) is 11.4 Å². The van der Waals surface area contributed by atoms with Gasteiger partial charge in [0.15, 0.2) is 0 Å². The van der Waals surface area contributed by atoms with Gasteiger partial charge in [-0.3, -0.25) is 9.59 Å². The van der Waals surface area contributed by atoms with Gasteiger partial charge < -0.3 is 19.6 Å². The highest BCUT2D eigenvalue weighted by Crippen LogP contribution is 2.40. The molecule has 8 nitrogen and oxygen atoms in total. The van der Waals surface area contributed by atoms with E-state index in [1.807, 2.05) is 62.3 Å². The molecule has 1 aliphatic heterocycles. The van der Waals surface area contributed by atoms with Crippen LogP contribution in [0.15, 0.2) is 79.0 Å². The molecule has 1 fully saturated rings. The van der Waals surface area contributed by atoms with E-state index in [1.165, 1.54) is 11.1 Å². The molecule has 4 rings (SSSR count). The van der Waals surface area contributed by atoms with Crippen LogP contribution in [0.3, 0.4) is 0 Å². The molecule has 1 aromatic heterocycles. The van der Waals surface area contributed by atoms with Crippen molar-refractivity contribution in [2.45, 2.75) is 13.0 Å². The molecule has 3 aromatic rings. The fourth-order valence-corrected chi connectivity index (χ4v) is 4.31. The molecule has 1 unspecified atom stereocenters. The quantitative estimate of drug-likeness (QED) is 0.215. The van der Waals surface area contributed by atoms with E-state index in [1.54, 1.807) is 29.0 Å². The summed E-state index contributed by atoms with van der Waals surface area (Å²) < 4.78 is 7.38. The lowest BCUT2D eigenvalue weighted by Crippen LogP contribution is -2.35. The molecule has 0 spiro atoms. The fourth-order valence-electron chi connectivity index (χ4n) is 4.31. The van der Waals surface area contributed by atoms with Gasteiger partial charge in [-0.15, -0.1) is 0 Å². The number of aliphatic hydroxyl groups excluding tert-OH is 1. The molecule has 1 N–H and O–H groups in total. The summed E-state index contributed by atoms with van der Waals surface area (Å²) in [6.07, 6.45) is 3.16. The van der Waals surface area contributed by atoms with Crippen LogP contribution in [0.25, 0.3) is 11.4 Å². The van der Waals surface area contributed by atoms with E-state index in [4.69, 9.17) is 4.74 Å². The Balaban J connectivity index is 1.84. The number of para-hydroxylation sites is 1. The lowest BCUT2D eigenvalue weighted by Gasteiger charge is -2.26. The summed E-state index contributed by atoms with van der Waals surface area (Å²) >= 11 is 0. The molecular formula is C28H30N4O4. The highest BCUT2D eigenvalue weighted by molar-refractivity contribution is 6.46. The number of hydrogen-bond acceptors (Lipinski definition) is 6. The largest absolute Gasteiger partial charge is 0.507 e. The second-order valence-electron chi connectivity index (χ2n) is 8.86. The average molecular weight is 487 g/mol. The summed E-state index contributed by atoms with van der Waals surface area (Å²) in [4.78, 5) is 29.9. The molecule has 186 valence electrons. The van der Waals surface area contributed by atoms with Crippen LogP contribution >= 0.6 is 0 Å². The normalized spacial score (nSPS) is 17.1. The van der Waals surface area contributed by atoms with Gasteiger partial charge in [0.25, 0.3) is 11.7 Å². The molecule has 0 aliphatic carbocycles. The number of Topliss-reactive ketones (excluding diaryl/α,β-unsaturated/α-hetero) is 1. The number of carbonyl (C=O) groups is 2. The molecule has 0 bridgehead atoms. The Bertz CT molecular complexity index is 1310. The number of carbonyl (C=O) groups excluding carboxylic acids is 2. The lowest BCUT2D eigenvalue weighted by molar-refractivity contribution is -0.140. The lowest BCUT2D eigenvalue weighted by atomic mass is 9.95.